The first-order valence-corrected chi connectivity index (χ1v) is 15.4. The monoisotopic (exact) mass is 599 g/mol. The molecule has 6 heterocycles. The van der Waals surface area contributed by atoms with E-state index in [4.69, 9.17) is 19.6 Å². The molecule has 5 aromatic rings. The van der Waals surface area contributed by atoms with Crippen molar-refractivity contribution >= 4 is 40.0 Å². The first kappa shape index (κ1) is 27.6. The highest BCUT2D eigenvalue weighted by Crippen LogP contribution is 2.39. The Balaban J connectivity index is 1.24. The van der Waals surface area contributed by atoms with Gasteiger partial charge in [-0.05, 0) is 31.7 Å². The molecule has 43 heavy (non-hydrogen) atoms. The van der Waals surface area contributed by atoms with Gasteiger partial charge < -0.3 is 24.6 Å². The summed E-state index contributed by atoms with van der Waals surface area (Å²) in [6.45, 7) is 6.29. The van der Waals surface area contributed by atoms with E-state index in [-0.39, 0.29) is 5.69 Å². The van der Waals surface area contributed by atoms with Gasteiger partial charge in [-0.3, -0.25) is 4.98 Å². The molecule has 0 atom stereocenters. The molecule has 0 radical (unpaired) electrons. The molecule has 4 aromatic heterocycles. The van der Waals surface area contributed by atoms with Crippen molar-refractivity contribution in [3.8, 4) is 22.7 Å². The number of piperazine rings is 1. The van der Waals surface area contributed by atoms with Crippen molar-refractivity contribution in [3.63, 3.8) is 0 Å². The number of rotatable bonds is 8. The first-order chi connectivity index (χ1) is 21.1. The third kappa shape index (κ3) is 5.39. The number of pyridine rings is 1. The molecule has 0 saturated carbocycles. The lowest BCUT2D eigenvalue weighted by Gasteiger charge is -2.32. The zero-order chi connectivity index (χ0) is 29.3. The maximum Gasteiger partial charge on any atom is 0.359 e. The Hall–Kier alpha value is -4.20. The number of esters is 1. The molecule has 1 saturated heterocycles. The van der Waals surface area contributed by atoms with Crippen LogP contribution in [0.5, 0.6) is 5.75 Å². The summed E-state index contributed by atoms with van der Waals surface area (Å²) in [5.74, 6) is 1.13. The van der Waals surface area contributed by atoms with E-state index in [1.165, 1.54) is 0 Å². The van der Waals surface area contributed by atoms with E-state index >= 15 is 0 Å². The fourth-order valence-electron chi connectivity index (χ4n) is 5.58. The van der Waals surface area contributed by atoms with E-state index in [0.29, 0.717) is 34.6 Å². The third-order valence-electron chi connectivity index (χ3n) is 7.95. The van der Waals surface area contributed by atoms with E-state index in [1.807, 2.05) is 24.4 Å². The molecule has 2 aliphatic heterocycles. The minimum atomic E-state index is -0.470. The van der Waals surface area contributed by atoms with Gasteiger partial charge in [0, 0.05) is 74.6 Å². The lowest BCUT2D eigenvalue weighted by Crippen LogP contribution is -2.44. The summed E-state index contributed by atoms with van der Waals surface area (Å²) in [7, 11) is 3.78. The van der Waals surface area contributed by atoms with Crippen LogP contribution < -0.4 is 10.1 Å². The molecule has 222 valence electrons. The van der Waals surface area contributed by atoms with Gasteiger partial charge in [-0.1, -0.05) is 0 Å². The largest absolute Gasteiger partial charge is 0.494 e. The molecule has 0 aliphatic carbocycles. The number of aromatic nitrogens is 6. The topological polar surface area (TPSA) is 115 Å². The second kappa shape index (κ2) is 11.8. The number of thioether (sulfide) groups is 1. The molecule has 0 spiro atoms. The number of carbonyl (C=O) groups is 1. The number of nitrogens with one attached hydrogen (secondary N) is 1. The van der Waals surface area contributed by atoms with Crippen molar-refractivity contribution in [1.29, 1.82) is 0 Å². The predicted octanol–water partition coefficient (Wildman–Crippen LogP) is 3.45. The molecule has 0 amide bonds. The summed E-state index contributed by atoms with van der Waals surface area (Å²) in [6.07, 6.45) is 7.76. The Morgan fingerprint density at radius 1 is 1.12 bits per heavy atom. The number of nitrogens with zero attached hydrogens (tertiary/aromatic N) is 8. The lowest BCUT2D eigenvalue weighted by molar-refractivity contribution is 0.0474. The van der Waals surface area contributed by atoms with E-state index in [1.54, 1.807) is 46.7 Å². The van der Waals surface area contributed by atoms with Crippen LogP contribution in [0.4, 0.5) is 5.69 Å². The number of likely N-dealkylation sites (N-methyl/N-ethyl adjacent to an activating group) is 1. The zero-order valence-corrected chi connectivity index (χ0v) is 25.0. The van der Waals surface area contributed by atoms with Gasteiger partial charge in [-0.25, -0.2) is 19.0 Å². The number of benzene rings is 1. The van der Waals surface area contributed by atoms with Gasteiger partial charge in [0.25, 0.3) is 0 Å². The highest BCUT2D eigenvalue weighted by atomic mass is 32.2. The second-order valence-corrected chi connectivity index (χ2v) is 11.9. The lowest BCUT2D eigenvalue weighted by atomic mass is 10.1. The van der Waals surface area contributed by atoms with Gasteiger partial charge in [-0.2, -0.15) is 10.2 Å². The normalized spacial score (nSPS) is 15.9. The Morgan fingerprint density at radius 2 is 2.00 bits per heavy atom. The average molecular weight is 600 g/mol. The standard InChI is InChI=1S/C30H33N9O3S/c1-36-9-11-37(12-10-36)7-4-13-42-30(40)28-21-18-33-22(20-19-34-38-8-3-5-32-29(20)38)15-24(21)39(35-28)25-17-27-23(16-26(25)41-2)31-6-14-43-27/h3,5,8,15-19,31H,4,6-7,9-14H2,1-2H3. The summed E-state index contributed by atoms with van der Waals surface area (Å²) in [4.78, 5) is 28.5. The number of hydrogen-bond donors (Lipinski definition) is 1. The van der Waals surface area contributed by atoms with Gasteiger partial charge in [0.2, 0.25) is 0 Å². The van der Waals surface area contributed by atoms with E-state index in [9.17, 15) is 4.79 Å². The van der Waals surface area contributed by atoms with Gasteiger partial charge in [0.05, 0.1) is 47.8 Å². The SMILES string of the molecule is COc1cc2c(cc1-n1nc(C(=O)OCCCN3CCN(C)CC3)c3cnc(-c4cnn5cccnc45)cc31)SCCN2. The quantitative estimate of drug-likeness (QED) is 0.209. The number of anilines is 1. The molecule has 1 N–H and O–H groups in total. The predicted molar refractivity (Wildman–Crippen MR) is 165 cm³/mol. The van der Waals surface area contributed by atoms with Crippen LogP contribution in [0.1, 0.15) is 16.9 Å². The molecular formula is C30H33N9O3S. The summed E-state index contributed by atoms with van der Waals surface area (Å²) >= 11 is 1.77. The fourth-order valence-corrected chi connectivity index (χ4v) is 6.48. The molecule has 1 aromatic carbocycles. The maximum absolute atomic E-state index is 13.5. The number of hydrogen-bond acceptors (Lipinski definition) is 11. The minimum Gasteiger partial charge on any atom is -0.494 e. The highest BCUT2D eigenvalue weighted by Gasteiger charge is 2.25. The second-order valence-electron chi connectivity index (χ2n) is 10.7. The Bertz CT molecular complexity index is 1790. The molecule has 13 heteroatoms. The Kier molecular flexibility index (Phi) is 7.59. The van der Waals surface area contributed by atoms with Crippen LogP contribution in [0.15, 0.2) is 53.9 Å². The van der Waals surface area contributed by atoms with E-state index in [0.717, 1.165) is 73.3 Å². The number of carbonyl (C=O) groups excluding carboxylic acids is 1. The van der Waals surface area contributed by atoms with Crippen LogP contribution in [0.2, 0.25) is 0 Å². The Labute approximate surface area is 253 Å². The van der Waals surface area contributed by atoms with Crippen molar-refractivity contribution in [3.05, 3.63) is 54.7 Å². The van der Waals surface area contributed by atoms with Crippen LogP contribution in [0.25, 0.3) is 33.5 Å². The van der Waals surface area contributed by atoms with Gasteiger partial charge >= 0.3 is 5.97 Å². The zero-order valence-electron chi connectivity index (χ0n) is 24.2. The van der Waals surface area contributed by atoms with Crippen LogP contribution in [-0.2, 0) is 4.74 Å². The molecular weight excluding hydrogens is 566 g/mol. The molecule has 2 aliphatic rings. The smallest absolute Gasteiger partial charge is 0.359 e. The number of methoxy groups -OCH3 is 1. The summed E-state index contributed by atoms with van der Waals surface area (Å²) in [6, 6.07) is 7.79. The van der Waals surface area contributed by atoms with Crippen molar-refractivity contribution in [2.24, 2.45) is 0 Å². The minimum absolute atomic E-state index is 0.220. The first-order valence-electron chi connectivity index (χ1n) is 14.4. The van der Waals surface area contributed by atoms with Crippen molar-refractivity contribution in [2.75, 3.05) is 71.1 Å². The summed E-state index contributed by atoms with van der Waals surface area (Å²) in [5, 5.41) is 13.3. The third-order valence-corrected chi connectivity index (χ3v) is 9.00. The van der Waals surface area contributed by atoms with Crippen LogP contribution in [-0.4, -0.2) is 111 Å². The Morgan fingerprint density at radius 3 is 2.86 bits per heavy atom. The summed E-state index contributed by atoms with van der Waals surface area (Å²) < 4.78 is 15.0. The molecule has 0 unspecified atom stereocenters. The van der Waals surface area contributed by atoms with Crippen LogP contribution >= 0.6 is 11.8 Å². The molecule has 12 nitrogen and oxygen atoms in total. The van der Waals surface area contributed by atoms with Crippen LogP contribution in [0, 0.1) is 0 Å². The van der Waals surface area contributed by atoms with E-state index in [2.05, 4.69) is 38.3 Å². The number of fused-ring (bicyclic) bond motifs is 3. The van der Waals surface area contributed by atoms with Gasteiger partial charge in [0.15, 0.2) is 11.3 Å². The van der Waals surface area contributed by atoms with Gasteiger partial charge in [0.1, 0.15) is 11.4 Å². The molecule has 7 rings (SSSR count). The average Bonchev–Trinajstić information content (AvgIpc) is 3.65. The summed E-state index contributed by atoms with van der Waals surface area (Å²) in [5.41, 5.74) is 4.81. The highest BCUT2D eigenvalue weighted by molar-refractivity contribution is 7.99. The van der Waals surface area contributed by atoms with Crippen molar-refractivity contribution < 1.29 is 14.3 Å². The number of ether oxygens (including phenoxy) is 2. The van der Waals surface area contributed by atoms with Gasteiger partial charge in [-0.15, -0.1) is 11.8 Å². The van der Waals surface area contributed by atoms with Crippen molar-refractivity contribution in [2.45, 2.75) is 11.3 Å². The molecule has 1 fully saturated rings. The molecule has 0 bridgehead atoms. The van der Waals surface area contributed by atoms with E-state index < -0.39 is 5.97 Å². The van der Waals surface area contributed by atoms with Crippen molar-refractivity contribution in [1.82, 2.24) is 39.2 Å². The van der Waals surface area contributed by atoms with Crippen LogP contribution in [0.3, 0.4) is 0 Å². The fraction of sp³-hybridized carbons (Fsp3) is 0.367. The maximum atomic E-state index is 13.5.